The maximum atomic E-state index is 12.4. The first kappa shape index (κ1) is 21.7. The summed E-state index contributed by atoms with van der Waals surface area (Å²) in [5, 5.41) is 6.94. The van der Waals surface area contributed by atoms with Gasteiger partial charge in [0.2, 0.25) is 17.7 Å². The van der Waals surface area contributed by atoms with Gasteiger partial charge in [-0.15, -0.1) is 0 Å². The summed E-state index contributed by atoms with van der Waals surface area (Å²) >= 11 is 0. The fourth-order valence-corrected chi connectivity index (χ4v) is 3.40. The summed E-state index contributed by atoms with van der Waals surface area (Å²) in [6, 6.07) is 9.76. The average Bonchev–Trinajstić information content (AvgIpc) is 3.25. The third-order valence-electron chi connectivity index (χ3n) is 5.26. The minimum Gasteiger partial charge on any atom is -0.356 e. The Labute approximate surface area is 177 Å². The zero-order valence-corrected chi connectivity index (χ0v) is 17.7. The molecule has 160 valence electrons. The molecule has 0 unspecified atom stereocenters. The van der Waals surface area contributed by atoms with Crippen LogP contribution in [0.2, 0.25) is 0 Å². The quantitative estimate of drug-likeness (QED) is 0.533. The Kier molecular flexibility index (Phi) is 7.76. The fraction of sp³-hybridized carbons (Fsp3) is 0.478. The number of nitrogens with zero attached hydrogens (tertiary/aromatic N) is 3. The van der Waals surface area contributed by atoms with E-state index in [0.717, 1.165) is 12.0 Å². The maximum absolute atomic E-state index is 12.4. The number of piperidine rings is 1. The lowest BCUT2D eigenvalue weighted by atomic mass is 9.95. The van der Waals surface area contributed by atoms with E-state index in [1.807, 2.05) is 55.2 Å². The van der Waals surface area contributed by atoms with E-state index in [1.165, 1.54) is 0 Å². The van der Waals surface area contributed by atoms with Gasteiger partial charge in [0.25, 0.3) is 0 Å². The molecule has 3 rings (SSSR count). The Hall–Kier alpha value is -2.96. The molecule has 1 aromatic carbocycles. The first-order chi connectivity index (χ1) is 14.5. The molecule has 1 aliphatic rings. The predicted octanol–water partition coefficient (Wildman–Crippen LogP) is 3.19. The van der Waals surface area contributed by atoms with Crippen molar-refractivity contribution < 1.29 is 14.1 Å². The van der Waals surface area contributed by atoms with Crippen LogP contribution in [0.25, 0.3) is 6.08 Å². The van der Waals surface area contributed by atoms with Crippen LogP contribution in [0.5, 0.6) is 0 Å². The van der Waals surface area contributed by atoms with E-state index in [4.69, 9.17) is 4.52 Å². The zero-order valence-electron chi connectivity index (χ0n) is 17.7. The molecule has 1 aliphatic heterocycles. The molecule has 0 atom stereocenters. The highest BCUT2D eigenvalue weighted by atomic mass is 16.5. The summed E-state index contributed by atoms with van der Waals surface area (Å²) in [5.41, 5.74) is 1.00. The molecule has 0 bridgehead atoms. The molecule has 0 spiro atoms. The number of amides is 2. The summed E-state index contributed by atoms with van der Waals surface area (Å²) in [7, 11) is 0. The molecule has 1 saturated heterocycles. The van der Waals surface area contributed by atoms with Gasteiger partial charge in [-0.2, -0.15) is 4.98 Å². The van der Waals surface area contributed by atoms with Gasteiger partial charge in [0, 0.05) is 44.0 Å². The monoisotopic (exact) mass is 410 g/mol. The lowest BCUT2D eigenvalue weighted by Gasteiger charge is -2.30. The standard InChI is InChI=1S/C23H30N4O3/c1-17(2)22-25-20(30-26-22)9-6-14-24-23(29)19-12-15-27(16-13-19)21(28)11-10-18-7-4-3-5-8-18/h3-5,7-8,10-11,17,19H,6,9,12-16H2,1-2H3,(H,24,29)/b11-10+. The Bertz CT molecular complexity index is 852. The van der Waals surface area contributed by atoms with E-state index in [-0.39, 0.29) is 23.7 Å². The number of likely N-dealkylation sites (tertiary alicyclic amines) is 1. The van der Waals surface area contributed by atoms with E-state index in [2.05, 4.69) is 15.5 Å². The molecule has 2 aromatic rings. The number of hydrogen-bond donors (Lipinski definition) is 1. The SMILES string of the molecule is CC(C)c1noc(CCCNC(=O)C2CCN(C(=O)/C=C/c3ccccc3)CC2)n1. The second kappa shape index (κ2) is 10.7. The number of hydrogen-bond acceptors (Lipinski definition) is 5. The number of carbonyl (C=O) groups excluding carboxylic acids is 2. The number of nitrogens with one attached hydrogen (secondary N) is 1. The number of aryl methyl sites for hydroxylation is 1. The fourth-order valence-electron chi connectivity index (χ4n) is 3.40. The van der Waals surface area contributed by atoms with Crippen LogP contribution < -0.4 is 5.32 Å². The normalized spacial score (nSPS) is 15.1. The molecule has 7 heteroatoms. The average molecular weight is 411 g/mol. The lowest BCUT2D eigenvalue weighted by molar-refractivity contribution is -0.132. The van der Waals surface area contributed by atoms with Crippen molar-refractivity contribution >= 4 is 17.9 Å². The molecule has 0 saturated carbocycles. The van der Waals surface area contributed by atoms with Crippen LogP contribution in [-0.4, -0.2) is 46.5 Å². The highest BCUT2D eigenvalue weighted by molar-refractivity contribution is 5.92. The number of carbonyl (C=O) groups is 2. The van der Waals surface area contributed by atoms with E-state index in [9.17, 15) is 9.59 Å². The van der Waals surface area contributed by atoms with Crippen LogP contribution in [0.1, 0.15) is 56.3 Å². The van der Waals surface area contributed by atoms with Crippen molar-refractivity contribution in [2.75, 3.05) is 19.6 Å². The molecule has 0 radical (unpaired) electrons. The first-order valence-corrected chi connectivity index (χ1v) is 10.6. The minimum absolute atomic E-state index is 0.00182. The molecule has 30 heavy (non-hydrogen) atoms. The van der Waals surface area contributed by atoms with E-state index >= 15 is 0 Å². The summed E-state index contributed by atoms with van der Waals surface area (Å²) < 4.78 is 5.21. The zero-order chi connectivity index (χ0) is 21.3. The van der Waals surface area contributed by atoms with Crippen LogP contribution in [-0.2, 0) is 16.0 Å². The van der Waals surface area contributed by atoms with Crippen LogP contribution in [0, 0.1) is 5.92 Å². The van der Waals surface area contributed by atoms with E-state index < -0.39 is 0 Å². The third-order valence-corrected chi connectivity index (χ3v) is 5.26. The largest absolute Gasteiger partial charge is 0.356 e. The van der Waals surface area contributed by atoms with E-state index in [0.29, 0.717) is 50.6 Å². The molecular weight excluding hydrogens is 380 g/mol. The van der Waals surface area contributed by atoms with Crippen molar-refractivity contribution in [2.45, 2.75) is 45.4 Å². The Morgan fingerprint density at radius 1 is 1.23 bits per heavy atom. The van der Waals surface area contributed by atoms with Crippen molar-refractivity contribution in [3.05, 3.63) is 53.7 Å². The first-order valence-electron chi connectivity index (χ1n) is 10.6. The Morgan fingerprint density at radius 2 is 1.97 bits per heavy atom. The molecule has 1 fully saturated rings. The highest BCUT2D eigenvalue weighted by Crippen LogP contribution is 2.18. The van der Waals surface area contributed by atoms with Gasteiger partial charge in [-0.25, -0.2) is 0 Å². The number of aromatic nitrogens is 2. The van der Waals surface area contributed by atoms with Gasteiger partial charge in [0.1, 0.15) is 0 Å². The summed E-state index contributed by atoms with van der Waals surface area (Å²) in [4.78, 5) is 30.9. The van der Waals surface area contributed by atoms with Crippen molar-refractivity contribution in [1.29, 1.82) is 0 Å². The Morgan fingerprint density at radius 3 is 2.63 bits per heavy atom. The second-order valence-electron chi connectivity index (χ2n) is 7.94. The topological polar surface area (TPSA) is 88.3 Å². The molecule has 2 amide bonds. The van der Waals surface area contributed by atoms with Crippen LogP contribution in [0.3, 0.4) is 0 Å². The van der Waals surface area contributed by atoms with Crippen LogP contribution in [0.4, 0.5) is 0 Å². The summed E-state index contributed by atoms with van der Waals surface area (Å²) in [6.07, 6.45) is 6.23. The number of benzene rings is 1. The van der Waals surface area contributed by atoms with Crippen molar-refractivity contribution in [3.8, 4) is 0 Å². The summed E-state index contributed by atoms with van der Waals surface area (Å²) in [6.45, 7) is 5.84. The second-order valence-corrected chi connectivity index (χ2v) is 7.94. The van der Waals surface area contributed by atoms with Gasteiger partial charge >= 0.3 is 0 Å². The van der Waals surface area contributed by atoms with Gasteiger partial charge < -0.3 is 14.7 Å². The van der Waals surface area contributed by atoms with Crippen LogP contribution in [0.15, 0.2) is 40.9 Å². The van der Waals surface area contributed by atoms with Gasteiger partial charge in [-0.1, -0.05) is 49.3 Å². The maximum Gasteiger partial charge on any atom is 0.246 e. The smallest absolute Gasteiger partial charge is 0.246 e. The van der Waals surface area contributed by atoms with Crippen LogP contribution >= 0.6 is 0 Å². The summed E-state index contributed by atoms with van der Waals surface area (Å²) in [5.74, 6) is 1.60. The predicted molar refractivity (Wildman–Crippen MR) is 114 cm³/mol. The third kappa shape index (κ3) is 6.27. The van der Waals surface area contributed by atoms with Gasteiger partial charge in [0.05, 0.1) is 0 Å². The molecule has 0 aliphatic carbocycles. The van der Waals surface area contributed by atoms with E-state index in [1.54, 1.807) is 6.08 Å². The van der Waals surface area contributed by atoms with Crippen molar-refractivity contribution in [2.24, 2.45) is 5.92 Å². The van der Waals surface area contributed by atoms with Crippen molar-refractivity contribution in [3.63, 3.8) is 0 Å². The lowest BCUT2D eigenvalue weighted by Crippen LogP contribution is -2.42. The molecular formula is C23H30N4O3. The molecule has 1 N–H and O–H groups in total. The Balaban J connectivity index is 1.34. The molecule has 2 heterocycles. The molecule has 7 nitrogen and oxygen atoms in total. The highest BCUT2D eigenvalue weighted by Gasteiger charge is 2.26. The van der Waals surface area contributed by atoms with Crippen molar-refractivity contribution in [1.82, 2.24) is 20.4 Å². The number of rotatable bonds is 8. The van der Waals surface area contributed by atoms with Gasteiger partial charge in [0.15, 0.2) is 5.82 Å². The minimum atomic E-state index is -0.0388. The molecule has 1 aromatic heterocycles. The van der Waals surface area contributed by atoms with Gasteiger partial charge in [-0.3, -0.25) is 9.59 Å². The van der Waals surface area contributed by atoms with Gasteiger partial charge in [-0.05, 0) is 30.9 Å².